The summed E-state index contributed by atoms with van der Waals surface area (Å²) in [6.07, 6.45) is -0.180. The molecular formula is C13H12N4O. The highest BCUT2D eigenvalue weighted by Gasteiger charge is 2.14. The topological polar surface area (TPSA) is 81.6 Å². The molecule has 5 nitrogen and oxygen atoms in total. The number of hydrogen-bond donors (Lipinski definition) is 2. The standard InChI is InChI=1S/C13H12N4O/c1-9-12(10-5-3-2-4-6-10)13(17-16-9)15-11(18)7-8-14/h2-6H,7H2,1H3,(H2,15,16,17,18). The molecule has 0 spiro atoms. The van der Waals surface area contributed by atoms with E-state index in [0.29, 0.717) is 5.82 Å². The lowest BCUT2D eigenvalue weighted by molar-refractivity contribution is -0.115. The maximum absolute atomic E-state index is 11.4. The van der Waals surface area contributed by atoms with Crippen LogP contribution in [0.25, 0.3) is 11.1 Å². The molecule has 0 saturated heterocycles. The maximum atomic E-state index is 11.4. The third-order valence-electron chi connectivity index (χ3n) is 2.51. The van der Waals surface area contributed by atoms with Crippen molar-refractivity contribution in [3.63, 3.8) is 0 Å². The Labute approximate surface area is 104 Å². The second-order valence-electron chi connectivity index (χ2n) is 3.82. The molecule has 1 aromatic heterocycles. The zero-order chi connectivity index (χ0) is 13.0. The minimum absolute atomic E-state index is 0.180. The van der Waals surface area contributed by atoms with Crippen molar-refractivity contribution < 1.29 is 4.79 Å². The van der Waals surface area contributed by atoms with Gasteiger partial charge in [0.15, 0.2) is 5.82 Å². The lowest BCUT2D eigenvalue weighted by Gasteiger charge is -2.04. The van der Waals surface area contributed by atoms with Crippen molar-refractivity contribution in [2.24, 2.45) is 0 Å². The molecule has 5 heteroatoms. The number of aryl methyl sites for hydroxylation is 1. The number of benzene rings is 1. The monoisotopic (exact) mass is 240 g/mol. The lowest BCUT2D eigenvalue weighted by atomic mass is 10.1. The molecule has 0 aliphatic carbocycles. The molecule has 0 fully saturated rings. The van der Waals surface area contributed by atoms with Crippen LogP contribution in [-0.4, -0.2) is 16.1 Å². The van der Waals surface area contributed by atoms with Crippen LogP contribution in [0.15, 0.2) is 30.3 Å². The Bertz CT molecular complexity index is 595. The fourth-order valence-electron chi connectivity index (χ4n) is 1.73. The van der Waals surface area contributed by atoms with Gasteiger partial charge in [0.05, 0.1) is 6.07 Å². The molecule has 0 unspecified atom stereocenters. The zero-order valence-corrected chi connectivity index (χ0v) is 9.90. The van der Waals surface area contributed by atoms with Crippen molar-refractivity contribution in [2.45, 2.75) is 13.3 Å². The van der Waals surface area contributed by atoms with E-state index in [0.717, 1.165) is 16.8 Å². The number of nitriles is 1. The Morgan fingerprint density at radius 3 is 2.83 bits per heavy atom. The Morgan fingerprint density at radius 2 is 2.17 bits per heavy atom. The highest BCUT2D eigenvalue weighted by Crippen LogP contribution is 2.28. The molecule has 90 valence electrons. The highest BCUT2D eigenvalue weighted by atomic mass is 16.1. The van der Waals surface area contributed by atoms with Gasteiger partial charge in [0, 0.05) is 11.3 Å². The molecule has 2 rings (SSSR count). The van der Waals surface area contributed by atoms with Crippen LogP contribution in [0.5, 0.6) is 0 Å². The summed E-state index contributed by atoms with van der Waals surface area (Å²) in [6.45, 7) is 1.88. The van der Waals surface area contributed by atoms with Crippen molar-refractivity contribution in [3.8, 4) is 17.2 Å². The van der Waals surface area contributed by atoms with E-state index in [1.807, 2.05) is 37.3 Å². The first kappa shape index (κ1) is 11.9. The molecule has 1 aromatic carbocycles. The molecule has 18 heavy (non-hydrogen) atoms. The summed E-state index contributed by atoms with van der Waals surface area (Å²) in [5.74, 6) is 0.0973. The number of hydrogen-bond acceptors (Lipinski definition) is 3. The van der Waals surface area contributed by atoms with Gasteiger partial charge in [0.2, 0.25) is 5.91 Å². The van der Waals surface area contributed by atoms with E-state index in [1.54, 1.807) is 6.07 Å². The minimum Gasteiger partial charge on any atom is -0.308 e. The minimum atomic E-state index is -0.360. The van der Waals surface area contributed by atoms with Crippen molar-refractivity contribution in [1.82, 2.24) is 10.2 Å². The molecule has 0 bridgehead atoms. The van der Waals surface area contributed by atoms with Crippen molar-refractivity contribution >= 4 is 11.7 Å². The first-order valence-electron chi connectivity index (χ1n) is 5.49. The summed E-state index contributed by atoms with van der Waals surface area (Å²) < 4.78 is 0. The van der Waals surface area contributed by atoms with E-state index in [1.165, 1.54) is 0 Å². The van der Waals surface area contributed by atoms with Gasteiger partial charge in [-0.05, 0) is 12.5 Å². The molecule has 0 aliphatic heterocycles. The SMILES string of the molecule is Cc1[nH]nc(NC(=O)CC#N)c1-c1ccccc1. The van der Waals surface area contributed by atoms with Crippen molar-refractivity contribution in [2.75, 3.05) is 5.32 Å². The van der Waals surface area contributed by atoms with Gasteiger partial charge in [0.25, 0.3) is 0 Å². The zero-order valence-electron chi connectivity index (χ0n) is 9.90. The van der Waals surface area contributed by atoms with Crippen molar-refractivity contribution in [1.29, 1.82) is 5.26 Å². The molecule has 0 atom stereocenters. The Hall–Kier alpha value is -2.61. The quantitative estimate of drug-likeness (QED) is 0.863. The number of aromatic amines is 1. The van der Waals surface area contributed by atoms with Crippen LogP contribution in [0.2, 0.25) is 0 Å². The highest BCUT2D eigenvalue weighted by molar-refractivity contribution is 5.95. The van der Waals surface area contributed by atoms with Gasteiger partial charge >= 0.3 is 0 Å². The summed E-state index contributed by atoms with van der Waals surface area (Å²) in [6, 6.07) is 11.5. The average molecular weight is 240 g/mol. The number of H-pyrrole nitrogens is 1. The van der Waals surface area contributed by atoms with Gasteiger partial charge < -0.3 is 5.32 Å². The number of aromatic nitrogens is 2. The van der Waals surface area contributed by atoms with Crippen LogP contribution in [0.3, 0.4) is 0 Å². The van der Waals surface area contributed by atoms with Gasteiger partial charge in [-0.2, -0.15) is 10.4 Å². The van der Waals surface area contributed by atoms with E-state index >= 15 is 0 Å². The molecule has 2 aromatic rings. The molecule has 1 amide bonds. The van der Waals surface area contributed by atoms with E-state index in [2.05, 4.69) is 15.5 Å². The Kier molecular flexibility index (Phi) is 3.39. The van der Waals surface area contributed by atoms with Gasteiger partial charge in [0.1, 0.15) is 6.42 Å². The summed E-state index contributed by atoms with van der Waals surface area (Å²) in [4.78, 5) is 11.4. The third-order valence-corrected chi connectivity index (χ3v) is 2.51. The fraction of sp³-hybridized carbons (Fsp3) is 0.154. The third kappa shape index (κ3) is 2.38. The number of amides is 1. The summed E-state index contributed by atoms with van der Waals surface area (Å²) in [5.41, 5.74) is 2.69. The van der Waals surface area contributed by atoms with Crippen LogP contribution >= 0.6 is 0 Å². The van der Waals surface area contributed by atoms with Crippen LogP contribution in [0.4, 0.5) is 5.82 Å². The summed E-state index contributed by atoms with van der Waals surface area (Å²) >= 11 is 0. The van der Waals surface area contributed by atoms with Crippen LogP contribution < -0.4 is 5.32 Å². The van der Waals surface area contributed by atoms with E-state index in [-0.39, 0.29) is 12.3 Å². The number of nitrogens with one attached hydrogen (secondary N) is 2. The fourth-order valence-corrected chi connectivity index (χ4v) is 1.73. The normalized spacial score (nSPS) is 9.78. The second kappa shape index (κ2) is 5.15. The molecule has 0 saturated carbocycles. The predicted octanol–water partition coefficient (Wildman–Crippen LogP) is 2.24. The number of nitrogens with zero attached hydrogens (tertiary/aromatic N) is 2. The number of rotatable bonds is 3. The molecule has 0 radical (unpaired) electrons. The smallest absolute Gasteiger partial charge is 0.239 e. The molecule has 1 heterocycles. The predicted molar refractivity (Wildman–Crippen MR) is 67.6 cm³/mol. The number of carbonyl (C=O) groups excluding carboxylic acids is 1. The first-order valence-corrected chi connectivity index (χ1v) is 5.49. The van der Waals surface area contributed by atoms with Crippen LogP contribution in [-0.2, 0) is 4.79 Å². The van der Waals surface area contributed by atoms with Crippen molar-refractivity contribution in [3.05, 3.63) is 36.0 Å². The van der Waals surface area contributed by atoms with Gasteiger partial charge in [-0.25, -0.2) is 0 Å². The van der Waals surface area contributed by atoms with E-state index in [4.69, 9.17) is 5.26 Å². The van der Waals surface area contributed by atoms with Gasteiger partial charge in [-0.1, -0.05) is 30.3 Å². The maximum Gasteiger partial charge on any atom is 0.239 e. The Balaban J connectivity index is 2.34. The van der Waals surface area contributed by atoms with Gasteiger partial charge in [-0.15, -0.1) is 0 Å². The lowest BCUT2D eigenvalue weighted by Crippen LogP contribution is -2.11. The first-order chi connectivity index (χ1) is 8.72. The number of anilines is 1. The molecular weight excluding hydrogens is 228 g/mol. The summed E-state index contributed by atoms with van der Waals surface area (Å²) in [7, 11) is 0. The average Bonchev–Trinajstić information content (AvgIpc) is 2.72. The summed E-state index contributed by atoms with van der Waals surface area (Å²) in [5, 5.41) is 18.0. The largest absolute Gasteiger partial charge is 0.308 e. The second-order valence-corrected chi connectivity index (χ2v) is 3.82. The van der Waals surface area contributed by atoms with Crippen LogP contribution in [0.1, 0.15) is 12.1 Å². The van der Waals surface area contributed by atoms with E-state index < -0.39 is 0 Å². The Morgan fingerprint density at radius 1 is 1.44 bits per heavy atom. The number of carbonyl (C=O) groups is 1. The molecule has 0 aliphatic rings. The van der Waals surface area contributed by atoms with E-state index in [9.17, 15) is 4.79 Å². The van der Waals surface area contributed by atoms with Gasteiger partial charge in [-0.3, -0.25) is 9.89 Å². The molecule has 2 N–H and O–H groups in total. The van der Waals surface area contributed by atoms with Crippen LogP contribution in [0, 0.1) is 18.3 Å².